The first-order chi connectivity index (χ1) is 16.4. The van der Waals surface area contributed by atoms with Crippen molar-refractivity contribution >= 4 is 46.7 Å². The molecule has 0 fully saturated rings. The SMILES string of the molecule is Cc1cccc(C(=O)OCc2nc(N)nc(Nc3ccc(Cl)cc3)n2)c1NC(=O)c1ccco1. The predicted octanol–water partition coefficient (Wildman–Crippen LogP) is 4.36. The number of nitrogens with two attached hydrogens (primary N) is 1. The minimum absolute atomic E-state index is 0.0422. The smallest absolute Gasteiger partial charge is 0.340 e. The van der Waals surface area contributed by atoms with Crippen molar-refractivity contribution in [2.75, 3.05) is 16.4 Å². The first kappa shape index (κ1) is 22.7. The number of furan rings is 1. The number of halogens is 1. The number of carbonyl (C=O) groups excluding carboxylic acids is 2. The van der Waals surface area contributed by atoms with Crippen LogP contribution in [0, 0.1) is 6.92 Å². The van der Waals surface area contributed by atoms with Gasteiger partial charge in [0.15, 0.2) is 18.2 Å². The van der Waals surface area contributed by atoms with Gasteiger partial charge in [-0.1, -0.05) is 23.7 Å². The molecule has 2 aromatic carbocycles. The number of nitrogens with zero attached hydrogens (tertiary/aromatic N) is 3. The highest BCUT2D eigenvalue weighted by Gasteiger charge is 2.19. The van der Waals surface area contributed by atoms with Crippen molar-refractivity contribution in [3.8, 4) is 0 Å². The van der Waals surface area contributed by atoms with E-state index in [1.165, 1.54) is 12.3 Å². The maximum atomic E-state index is 12.8. The van der Waals surface area contributed by atoms with Crippen LogP contribution in [0.15, 0.2) is 65.3 Å². The summed E-state index contributed by atoms with van der Waals surface area (Å²) in [5, 5.41) is 6.27. The van der Waals surface area contributed by atoms with Crippen LogP contribution in [0.4, 0.5) is 23.3 Å². The molecular formula is C23H19ClN6O4. The molecule has 0 bridgehead atoms. The van der Waals surface area contributed by atoms with Gasteiger partial charge in [-0.15, -0.1) is 0 Å². The molecule has 4 aromatic rings. The third-order valence-corrected chi connectivity index (χ3v) is 4.86. The van der Waals surface area contributed by atoms with E-state index in [-0.39, 0.29) is 35.7 Å². The molecule has 0 saturated carbocycles. The Hall–Kier alpha value is -4.44. The van der Waals surface area contributed by atoms with Crippen molar-refractivity contribution in [2.45, 2.75) is 13.5 Å². The van der Waals surface area contributed by atoms with Gasteiger partial charge in [-0.2, -0.15) is 15.0 Å². The van der Waals surface area contributed by atoms with Gasteiger partial charge in [-0.25, -0.2) is 4.79 Å². The first-order valence-electron chi connectivity index (χ1n) is 10.0. The highest BCUT2D eigenvalue weighted by Crippen LogP contribution is 2.23. The third kappa shape index (κ3) is 5.48. The number of anilines is 4. The standard InChI is InChI=1S/C23H19ClN6O4/c1-13-4-2-5-16(19(13)29-20(31)17-6-3-11-33-17)21(32)34-12-18-27-22(25)30-23(28-18)26-15-9-7-14(24)8-10-15/h2-11H,12H2,1H3,(H,29,31)(H3,25,26,27,28,30). The number of aromatic nitrogens is 3. The molecule has 0 spiro atoms. The molecule has 2 aromatic heterocycles. The second kappa shape index (κ2) is 10.0. The lowest BCUT2D eigenvalue weighted by molar-refractivity contribution is 0.0463. The van der Waals surface area contributed by atoms with Crippen molar-refractivity contribution in [1.29, 1.82) is 0 Å². The third-order valence-electron chi connectivity index (χ3n) is 4.61. The Morgan fingerprint density at radius 1 is 1.06 bits per heavy atom. The predicted molar refractivity (Wildman–Crippen MR) is 126 cm³/mol. The zero-order valence-electron chi connectivity index (χ0n) is 17.9. The van der Waals surface area contributed by atoms with Crippen LogP contribution in [-0.2, 0) is 11.3 Å². The lowest BCUT2D eigenvalue weighted by atomic mass is 10.1. The number of para-hydroxylation sites is 1. The van der Waals surface area contributed by atoms with Crippen LogP contribution in [-0.4, -0.2) is 26.8 Å². The van der Waals surface area contributed by atoms with E-state index in [9.17, 15) is 9.59 Å². The van der Waals surface area contributed by atoms with Crippen molar-refractivity contribution in [3.05, 3.63) is 88.6 Å². The Kier molecular flexibility index (Phi) is 6.69. The van der Waals surface area contributed by atoms with Crippen LogP contribution in [0.2, 0.25) is 5.02 Å². The van der Waals surface area contributed by atoms with Gasteiger partial charge >= 0.3 is 5.97 Å². The number of amides is 1. The van der Waals surface area contributed by atoms with Gasteiger partial charge in [0.05, 0.1) is 17.5 Å². The number of ether oxygens (including phenoxy) is 1. The average Bonchev–Trinajstić information content (AvgIpc) is 3.35. The molecular weight excluding hydrogens is 460 g/mol. The Morgan fingerprint density at radius 3 is 2.59 bits per heavy atom. The van der Waals surface area contributed by atoms with Crippen molar-refractivity contribution in [1.82, 2.24) is 15.0 Å². The summed E-state index contributed by atoms with van der Waals surface area (Å²) in [6, 6.07) is 15.0. The van der Waals surface area contributed by atoms with E-state index in [0.29, 0.717) is 22.0 Å². The molecule has 4 rings (SSSR count). The van der Waals surface area contributed by atoms with Crippen molar-refractivity contribution in [2.24, 2.45) is 0 Å². The van der Waals surface area contributed by atoms with Crippen LogP contribution >= 0.6 is 11.6 Å². The number of nitrogen functional groups attached to an aromatic ring is 1. The molecule has 34 heavy (non-hydrogen) atoms. The Labute approximate surface area is 199 Å². The topological polar surface area (TPSA) is 145 Å². The Balaban J connectivity index is 1.47. The van der Waals surface area contributed by atoms with Crippen LogP contribution < -0.4 is 16.4 Å². The summed E-state index contributed by atoms with van der Waals surface area (Å²) in [4.78, 5) is 37.5. The Morgan fingerprint density at radius 2 is 1.85 bits per heavy atom. The summed E-state index contributed by atoms with van der Waals surface area (Å²) in [5.41, 5.74) is 7.63. The summed E-state index contributed by atoms with van der Waals surface area (Å²) in [6.07, 6.45) is 1.39. The van der Waals surface area contributed by atoms with Crippen LogP contribution in [0.3, 0.4) is 0 Å². The zero-order valence-corrected chi connectivity index (χ0v) is 18.7. The minimum Gasteiger partial charge on any atom is -0.459 e. The van der Waals surface area contributed by atoms with Gasteiger partial charge in [0.25, 0.3) is 5.91 Å². The number of nitrogens with one attached hydrogen (secondary N) is 2. The van der Waals surface area contributed by atoms with E-state index >= 15 is 0 Å². The van der Waals surface area contributed by atoms with Crippen LogP contribution in [0.5, 0.6) is 0 Å². The maximum Gasteiger partial charge on any atom is 0.340 e. The normalized spacial score (nSPS) is 10.5. The summed E-state index contributed by atoms with van der Waals surface area (Å²) in [7, 11) is 0. The number of benzene rings is 2. The number of hydrogen-bond acceptors (Lipinski definition) is 9. The second-order valence-electron chi connectivity index (χ2n) is 7.07. The fourth-order valence-corrected chi connectivity index (χ4v) is 3.14. The monoisotopic (exact) mass is 478 g/mol. The molecule has 0 aliphatic heterocycles. The Bertz CT molecular complexity index is 1330. The molecule has 1 amide bonds. The number of carbonyl (C=O) groups is 2. The lowest BCUT2D eigenvalue weighted by Gasteiger charge is -2.13. The first-order valence-corrected chi connectivity index (χ1v) is 10.4. The molecule has 4 N–H and O–H groups in total. The molecule has 0 aliphatic rings. The molecule has 0 aliphatic carbocycles. The molecule has 11 heteroatoms. The fourth-order valence-electron chi connectivity index (χ4n) is 3.02. The summed E-state index contributed by atoms with van der Waals surface area (Å²) < 4.78 is 10.5. The van der Waals surface area contributed by atoms with Gasteiger partial charge in [0.1, 0.15) is 0 Å². The van der Waals surface area contributed by atoms with E-state index in [1.807, 2.05) is 0 Å². The van der Waals surface area contributed by atoms with Gasteiger partial charge in [-0.05, 0) is 55.0 Å². The minimum atomic E-state index is -0.676. The maximum absolute atomic E-state index is 12.8. The summed E-state index contributed by atoms with van der Waals surface area (Å²) in [5.74, 6) is -0.765. The molecule has 2 heterocycles. The van der Waals surface area contributed by atoms with Crippen molar-refractivity contribution in [3.63, 3.8) is 0 Å². The summed E-state index contributed by atoms with van der Waals surface area (Å²) in [6.45, 7) is 1.50. The average molecular weight is 479 g/mol. The molecule has 0 atom stereocenters. The fraction of sp³-hybridized carbons (Fsp3) is 0.0870. The van der Waals surface area contributed by atoms with Gasteiger partial charge in [0, 0.05) is 10.7 Å². The molecule has 172 valence electrons. The van der Waals surface area contributed by atoms with E-state index in [1.54, 1.807) is 55.5 Å². The van der Waals surface area contributed by atoms with Crippen molar-refractivity contribution < 1.29 is 18.7 Å². The summed E-state index contributed by atoms with van der Waals surface area (Å²) >= 11 is 5.90. The molecule has 0 unspecified atom stereocenters. The highest BCUT2D eigenvalue weighted by molar-refractivity contribution is 6.30. The lowest BCUT2D eigenvalue weighted by Crippen LogP contribution is -2.17. The van der Waals surface area contributed by atoms with E-state index < -0.39 is 11.9 Å². The number of rotatable bonds is 7. The van der Waals surface area contributed by atoms with E-state index in [4.69, 9.17) is 26.5 Å². The van der Waals surface area contributed by atoms with Crippen LogP contribution in [0.1, 0.15) is 32.3 Å². The van der Waals surface area contributed by atoms with E-state index in [0.717, 1.165) is 0 Å². The molecule has 0 radical (unpaired) electrons. The van der Waals surface area contributed by atoms with Crippen LogP contribution in [0.25, 0.3) is 0 Å². The van der Waals surface area contributed by atoms with Gasteiger partial charge in [0.2, 0.25) is 11.9 Å². The zero-order chi connectivity index (χ0) is 24.1. The number of hydrogen-bond donors (Lipinski definition) is 3. The molecule has 0 saturated heterocycles. The highest BCUT2D eigenvalue weighted by atomic mass is 35.5. The number of esters is 1. The van der Waals surface area contributed by atoms with Gasteiger partial charge in [-0.3, -0.25) is 4.79 Å². The molecule has 10 nitrogen and oxygen atoms in total. The number of aryl methyl sites for hydroxylation is 1. The van der Waals surface area contributed by atoms with Gasteiger partial charge < -0.3 is 25.5 Å². The quantitative estimate of drug-likeness (QED) is 0.329. The second-order valence-corrected chi connectivity index (χ2v) is 7.51. The largest absolute Gasteiger partial charge is 0.459 e. The van der Waals surface area contributed by atoms with E-state index in [2.05, 4.69) is 25.6 Å².